The van der Waals surface area contributed by atoms with E-state index in [1.807, 2.05) is 12.1 Å². The Morgan fingerprint density at radius 2 is 1.64 bits per heavy atom. The number of ether oxygens (including phenoxy) is 2. The Balaban J connectivity index is 1.22. The van der Waals surface area contributed by atoms with E-state index in [9.17, 15) is 9.59 Å². The lowest BCUT2D eigenvalue weighted by Crippen LogP contribution is -2.43. The van der Waals surface area contributed by atoms with Gasteiger partial charge in [0.2, 0.25) is 0 Å². The summed E-state index contributed by atoms with van der Waals surface area (Å²) in [7, 11) is 0. The van der Waals surface area contributed by atoms with E-state index in [2.05, 4.69) is 11.8 Å². The average molecular weight is 620 g/mol. The summed E-state index contributed by atoms with van der Waals surface area (Å²) in [5.41, 5.74) is 1.34. The molecule has 2 aliphatic heterocycles. The second kappa shape index (κ2) is 12.7. The van der Waals surface area contributed by atoms with Crippen molar-refractivity contribution in [2.45, 2.75) is 89.8 Å². The summed E-state index contributed by atoms with van der Waals surface area (Å²) in [5.74, 6) is -0.365. The number of benzene rings is 2. The number of halogens is 3. The van der Waals surface area contributed by atoms with E-state index in [0.717, 1.165) is 49.9 Å². The van der Waals surface area contributed by atoms with Crippen LogP contribution in [0.2, 0.25) is 10.0 Å². The van der Waals surface area contributed by atoms with Gasteiger partial charge < -0.3 is 14.4 Å². The fourth-order valence-corrected chi connectivity index (χ4v) is 6.64. The zero-order valence-electron chi connectivity index (χ0n) is 24.9. The number of nitrogens with zero attached hydrogens (tertiary/aromatic N) is 2. The number of likely N-dealkylation sites (tertiary alicyclic amines) is 2. The maximum absolute atomic E-state index is 15.5. The molecule has 2 aromatic rings. The number of hydrogen-bond acceptors (Lipinski definition) is 5. The molecule has 1 amide bonds. The summed E-state index contributed by atoms with van der Waals surface area (Å²) in [4.78, 5) is 30.2. The summed E-state index contributed by atoms with van der Waals surface area (Å²) in [6, 6.07) is 8.23. The van der Waals surface area contributed by atoms with Gasteiger partial charge in [-0.1, -0.05) is 23.2 Å². The van der Waals surface area contributed by atoms with Crippen LogP contribution in [-0.4, -0.2) is 59.6 Å². The maximum Gasteiger partial charge on any atom is 0.329 e. The first-order valence-corrected chi connectivity index (χ1v) is 15.9. The lowest BCUT2D eigenvalue weighted by molar-refractivity contribution is -0.159. The number of carbonyl (C=O) groups is 2. The Morgan fingerprint density at radius 1 is 0.976 bits per heavy atom. The highest BCUT2D eigenvalue weighted by atomic mass is 35.5. The third kappa shape index (κ3) is 7.40. The molecule has 9 heteroatoms. The fourth-order valence-electron chi connectivity index (χ4n) is 6.10. The molecule has 0 bridgehead atoms. The van der Waals surface area contributed by atoms with Gasteiger partial charge in [0.15, 0.2) is 0 Å². The highest BCUT2D eigenvalue weighted by molar-refractivity contribution is 6.34. The summed E-state index contributed by atoms with van der Waals surface area (Å²) in [5, 5.41) is 1.28. The van der Waals surface area contributed by atoms with Crippen LogP contribution in [-0.2, 0) is 9.53 Å². The molecule has 3 fully saturated rings. The molecule has 5 rings (SSSR count). The molecule has 2 heterocycles. The Kier molecular flexibility index (Phi) is 9.41. The molecule has 1 aliphatic carbocycles. The van der Waals surface area contributed by atoms with Crippen LogP contribution in [0.15, 0.2) is 30.3 Å². The van der Waals surface area contributed by atoms with Crippen LogP contribution in [0.1, 0.15) is 99.7 Å². The molecule has 42 heavy (non-hydrogen) atoms. The lowest BCUT2D eigenvalue weighted by atomic mass is 9.95. The van der Waals surface area contributed by atoms with Crippen molar-refractivity contribution >= 4 is 35.1 Å². The van der Waals surface area contributed by atoms with Crippen molar-refractivity contribution in [2.24, 2.45) is 5.92 Å². The maximum atomic E-state index is 15.5. The number of carbonyl (C=O) groups excluding carboxylic acids is 2. The summed E-state index contributed by atoms with van der Waals surface area (Å²) in [6.07, 6.45) is 5.12. The van der Waals surface area contributed by atoms with Gasteiger partial charge in [-0.25, -0.2) is 9.18 Å². The smallest absolute Gasteiger partial charge is 0.329 e. The van der Waals surface area contributed by atoms with Gasteiger partial charge in [-0.2, -0.15) is 0 Å². The average Bonchev–Trinajstić information content (AvgIpc) is 3.64. The monoisotopic (exact) mass is 618 g/mol. The zero-order valence-corrected chi connectivity index (χ0v) is 26.4. The van der Waals surface area contributed by atoms with Gasteiger partial charge in [0, 0.05) is 28.7 Å². The first kappa shape index (κ1) is 31.1. The van der Waals surface area contributed by atoms with Crippen molar-refractivity contribution in [3.8, 4) is 5.75 Å². The van der Waals surface area contributed by atoms with Crippen LogP contribution in [0, 0.1) is 11.7 Å². The van der Waals surface area contributed by atoms with Gasteiger partial charge in [0.05, 0.1) is 12.2 Å². The molecule has 1 saturated carbocycles. The predicted molar refractivity (Wildman–Crippen MR) is 163 cm³/mol. The number of piperidine rings is 1. The molecular formula is C33H41Cl2FN2O4. The third-order valence-electron chi connectivity index (χ3n) is 8.58. The summed E-state index contributed by atoms with van der Waals surface area (Å²) < 4.78 is 27.3. The highest BCUT2D eigenvalue weighted by Crippen LogP contribution is 2.45. The van der Waals surface area contributed by atoms with Crippen molar-refractivity contribution in [3.63, 3.8) is 0 Å². The van der Waals surface area contributed by atoms with Crippen LogP contribution >= 0.6 is 23.2 Å². The zero-order chi connectivity index (χ0) is 30.2. The minimum absolute atomic E-state index is 0.00289. The van der Waals surface area contributed by atoms with E-state index in [1.54, 1.807) is 32.9 Å². The van der Waals surface area contributed by atoms with E-state index >= 15 is 4.39 Å². The van der Waals surface area contributed by atoms with Crippen LogP contribution in [0.5, 0.6) is 5.75 Å². The molecule has 6 nitrogen and oxygen atoms in total. The van der Waals surface area contributed by atoms with E-state index in [0.29, 0.717) is 47.7 Å². The lowest BCUT2D eigenvalue weighted by Gasteiger charge is -2.36. The quantitative estimate of drug-likeness (QED) is 0.282. The van der Waals surface area contributed by atoms with Crippen molar-refractivity contribution < 1.29 is 23.5 Å². The number of hydrogen-bond donors (Lipinski definition) is 0. The Labute approximate surface area is 258 Å². The predicted octanol–water partition coefficient (Wildman–Crippen LogP) is 7.81. The number of esters is 1. The minimum Gasteiger partial charge on any atom is -0.493 e. The second-order valence-corrected chi connectivity index (χ2v) is 13.9. The van der Waals surface area contributed by atoms with Crippen LogP contribution in [0.3, 0.4) is 0 Å². The first-order chi connectivity index (χ1) is 19.9. The van der Waals surface area contributed by atoms with E-state index in [-0.39, 0.29) is 17.5 Å². The Hall–Kier alpha value is -2.35. The number of rotatable bonds is 8. The van der Waals surface area contributed by atoms with Gasteiger partial charge >= 0.3 is 5.97 Å². The Morgan fingerprint density at radius 3 is 2.26 bits per heavy atom. The third-order valence-corrected chi connectivity index (χ3v) is 9.01. The molecular weight excluding hydrogens is 578 g/mol. The first-order valence-electron chi connectivity index (χ1n) is 15.1. The van der Waals surface area contributed by atoms with Gasteiger partial charge in [-0.05, 0) is 127 Å². The molecule has 0 aromatic heterocycles. The van der Waals surface area contributed by atoms with Crippen LogP contribution in [0.25, 0.3) is 0 Å². The number of amides is 1. The molecule has 2 saturated heterocycles. The molecule has 0 N–H and O–H groups in total. The van der Waals surface area contributed by atoms with Crippen molar-refractivity contribution in [1.29, 1.82) is 0 Å². The Bertz CT molecular complexity index is 1300. The fraction of sp³-hybridized carbons (Fsp3) is 0.576. The molecule has 0 unspecified atom stereocenters. The standard InChI is InChI=1S/C33H41Cl2FN2O4/c1-20(23-14-24(34)16-25(35)15-23)37-12-9-21(10-13-37)19-41-30-18-28(36)27(17-26(30)22-7-8-22)31(39)38-11-5-6-29(38)32(40)42-33(2,3)4/h14-18,20-22,29H,5-13,19H2,1-4H3/t20-,29-/m0/s1. The van der Waals surface area contributed by atoms with Gasteiger partial charge in [-0.15, -0.1) is 0 Å². The van der Waals surface area contributed by atoms with Gasteiger partial charge in [0.25, 0.3) is 5.91 Å². The molecule has 0 radical (unpaired) electrons. The van der Waals surface area contributed by atoms with Crippen molar-refractivity contribution in [2.75, 3.05) is 26.2 Å². The normalized spacial score (nSPS) is 20.9. The van der Waals surface area contributed by atoms with Crippen molar-refractivity contribution in [3.05, 3.63) is 62.9 Å². The van der Waals surface area contributed by atoms with Gasteiger partial charge in [0.1, 0.15) is 23.2 Å². The summed E-state index contributed by atoms with van der Waals surface area (Å²) in [6.45, 7) is 10.3. The SMILES string of the molecule is C[C@@H](c1cc(Cl)cc(Cl)c1)N1CCC(COc2cc(F)c(C(=O)N3CCC[C@H]3C(=O)OC(C)(C)C)cc2C2CC2)CC1. The highest BCUT2D eigenvalue weighted by Gasteiger charge is 2.39. The van der Waals surface area contributed by atoms with E-state index < -0.39 is 29.3 Å². The molecule has 0 spiro atoms. The second-order valence-electron chi connectivity index (χ2n) is 13.0. The van der Waals surface area contributed by atoms with Crippen molar-refractivity contribution in [1.82, 2.24) is 9.80 Å². The van der Waals surface area contributed by atoms with Crippen LogP contribution < -0.4 is 4.74 Å². The van der Waals surface area contributed by atoms with Gasteiger partial charge in [-0.3, -0.25) is 9.69 Å². The van der Waals surface area contributed by atoms with E-state index in [1.165, 1.54) is 11.0 Å². The summed E-state index contributed by atoms with van der Waals surface area (Å²) >= 11 is 12.4. The molecule has 3 aliphatic rings. The largest absolute Gasteiger partial charge is 0.493 e. The van der Waals surface area contributed by atoms with E-state index in [4.69, 9.17) is 32.7 Å². The molecule has 2 atom stereocenters. The van der Waals surface area contributed by atoms with Crippen LogP contribution in [0.4, 0.5) is 4.39 Å². The topological polar surface area (TPSA) is 59.1 Å². The molecule has 228 valence electrons. The molecule has 2 aromatic carbocycles. The minimum atomic E-state index is -0.694.